The number of carbonyl (C=O) groups excluding carboxylic acids is 1. The first kappa shape index (κ1) is 12.7. The Morgan fingerprint density at radius 3 is 2.88 bits per heavy atom. The third-order valence-electron chi connectivity index (χ3n) is 3.78. The minimum absolute atomic E-state index is 0.251. The van der Waals surface area contributed by atoms with E-state index < -0.39 is 0 Å². The molecule has 3 atom stereocenters. The second-order valence-electron chi connectivity index (χ2n) is 4.87. The number of hydrogen-bond donors (Lipinski definition) is 0. The molecular weight excluding hydrogens is 286 g/mol. The van der Waals surface area contributed by atoms with Crippen molar-refractivity contribution in [3.63, 3.8) is 0 Å². The second-order valence-corrected chi connectivity index (χ2v) is 6.83. The Labute approximate surface area is 111 Å². The molecule has 4 heteroatoms. The zero-order valence-electron chi connectivity index (χ0n) is 9.82. The summed E-state index contributed by atoms with van der Waals surface area (Å²) in [6, 6.07) is 0.426. The lowest BCUT2D eigenvalue weighted by atomic mass is 10.0. The quantitative estimate of drug-likeness (QED) is 0.731. The van der Waals surface area contributed by atoms with Crippen molar-refractivity contribution >= 4 is 33.6 Å². The first-order chi connectivity index (χ1) is 7.74. The fraction of sp³-hybridized carbons (Fsp3) is 0.917. The molecule has 16 heavy (non-hydrogen) atoms. The van der Waals surface area contributed by atoms with Gasteiger partial charge in [0.1, 0.15) is 0 Å². The number of hydrogen-bond acceptors (Lipinski definition) is 2. The minimum Gasteiger partial charge on any atom is -0.338 e. The van der Waals surface area contributed by atoms with Crippen molar-refractivity contribution in [3.8, 4) is 0 Å². The first-order valence-electron chi connectivity index (χ1n) is 6.22. The molecule has 0 bridgehead atoms. The van der Waals surface area contributed by atoms with E-state index in [9.17, 15) is 4.79 Å². The largest absolute Gasteiger partial charge is 0.338 e. The summed E-state index contributed by atoms with van der Waals surface area (Å²) >= 11 is 5.41. The highest BCUT2D eigenvalue weighted by Crippen LogP contribution is 2.31. The van der Waals surface area contributed by atoms with Gasteiger partial charge in [0.25, 0.3) is 0 Å². The maximum Gasteiger partial charge on any atom is 0.235 e. The van der Waals surface area contributed by atoms with Gasteiger partial charge in [-0.1, -0.05) is 29.3 Å². The van der Waals surface area contributed by atoms with Crippen LogP contribution in [0.3, 0.4) is 0 Å². The lowest BCUT2D eigenvalue weighted by Gasteiger charge is -2.30. The van der Waals surface area contributed by atoms with Gasteiger partial charge >= 0.3 is 0 Å². The van der Waals surface area contributed by atoms with Crippen LogP contribution in [0.5, 0.6) is 0 Å². The van der Waals surface area contributed by atoms with Crippen molar-refractivity contribution in [2.24, 2.45) is 5.92 Å². The Balaban J connectivity index is 1.97. The molecule has 0 saturated carbocycles. The number of amides is 1. The van der Waals surface area contributed by atoms with E-state index in [-0.39, 0.29) is 5.25 Å². The highest BCUT2D eigenvalue weighted by Gasteiger charge is 2.36. The zero-order valence-corrected chi connectivity index (χ0v) is 12.2. The molecule has 0 aromatic heterocycles. The van der Waals surface area contributed by atoms with Gasteiger partial charge in [-0.3, -0.25) is 4.79 Å². The molecule has 0 aromatic rings. The highest BCUT2D eigenvalue weighted by molar-refractivity contribution is 9.09. The molecule has 2 nitrogen and oxygen atoms in total. The van der Waals surface area contributed by atoms with Gasteiger partial charge in [0.15, 0.2) is 0 Å². The molecule has 0 N–H and O–H groups in total. The summed E-state index contributed by atoms with van der Waals surface area (Å²) in [7, 11) is 0. The fourth-order valence-electron chi connectivity index (χ4n) is 2.64. The monoisotopic (exact) mass is 305 g/mol. The van der Waals surface area contributed by atoms with Gasteiger partial charge in [-0.2, -0.15) is 0 Å². The summed E-state index contributed by atoms with van der Waals surface area (Å²) in [5, 5.41) is 1.18. The van der Waals surface area contributed by atoms with Crippen molar-refractivity contribution in [1.29, 1.82) is 0 Å². The second kappa shape index (κ2) is 5.76. The SMILES string of the molecule is CC1CCN(C(=O)C2CCCCS2)C1CBr. The Bertz CT molecular complexity index is 255. The molecule has 92 valence electrons. The van der Waals surface area contributed by atoms with Crippen LogP contribution in [0, 0.1) is 5.92 Å². The average Bonchev–Trinajstić information content (AvgIpc) is 2.70. The van der Waals surface area contributed by atoms with E-state index in [4.69, 9.17) is 0 Å². The summed E-state index contributed by atoms with van der Waals surface area (Å²) in [5.41, 5.74) is 0. The highest BCUT2D eigenvalue weighted by atomic mass is 79.9. The van der Waals surface area contributed by atoms with Crippen molar-refractivity contribution in [2.75, 3.05) is 17.6 Å². The van der Waals surface area contributed by atoms with Crippen LogP contribution >= 0.6 is 27.7 Å². The summed E-state index contributed by atoms with van der Waals surface area (Å²) in [4.78, 5) is 14.5. The Kier molecular flexibility index (Phi) is 4.59. The van der Waals surface area contributed by atoms with Crippen LogP contribution in [0.1, 0.15) is 32.6 Å². The van der Waals surface area contributed by atoms with E-state index in [1.807, 2.05) is 11.8 Å². The van der Waals surface area contributed by atoms with E-state index in [1.165, 1.54) is 25.0 Å². The van der Waals surface area contributed by atoms with Crippen LogP contribution in [0.25, 0.3) is 0 Å². The smallest absolute Gasteiger partial charge is 0.235 e. The van der Waals surface area contributed by atoms with E-state index in [2.05, 4.69) is 27.8 Å². The number of thioether (sulfide) groups is 1. The van der Waals surface area contributed by atoms with Gasteiger partial charge in [0.05, 0.1) is 5.25 Å². The maximum atomic E-state index is 12.4. The molecule has 2 heterocycles. The molecule has 2 fully saturated rings. The van der Waals surface area contributed by atoms with Gasteiger partial charge in [0, 0.05) is 17.9 Å². The van der Waals surface area contributed by atoms with E-state index in [0.29, 0.717) is 17.9 Å². The lowest BCUT2D eigenvalue weighted by molar-refractivity contribution is -0.131. The molecule has 3 unspecified atom stereocenters. The topological polar surface area (TPSA) is 20.3 Å². The minimum atomic E-state index is 0.251. The molecule has 2 rings (SSSR count). The molecule has 0 radical (unpaired) electrons. The summed E-state index contributed by atoms with van der Waals surface area (Å²) in [5.74, 6) is 2.22. The Morgan fingerprint density at radius 2 is 2.25 bits per heavy atom. The lowest BCUT2D eigenvalue weighted by Crippen LogP contribution is -2.43. The predicted octanol–water partition coefficient (Wildman–Crippen LogP) is 2.90. The summed E-state index contributed by atoms with van der Waals surface area (Å²) in [6.45, 7) is 3.22. The van der Waals surface area contributed by atoms with Gasteiger partial charge in [-0.05, 0) is 30.9 Å². The summed E-state index contributed by atoms with van der Waals surface area (Å²) in [6.07, 6.45) is 4.77. The third-order valence-corrected chi connectivity index (χ3v) is 5.81. The van der Waals surface area contributed by atoms with Crippen LogP contribution in [-0.2, 0) is 4.79 Å². The Hall–Kier alpha value is 0.300. The van der Waals surface area contributed by atoms with Crippen LogP contribution in [0.15, 0.2) is 0 Å². The van der Waals surface area contributed by atoms with Crippen molar-refractivity contribution in [1.82, 2.24) is 4.90 Å². The predicted molar refractivity (Wildman–Crippen MR) is 73.2 cm³/mol. The number of halogens is 1. The number of carbonyl (C=O) groups is 1. The van der Waals surface area contributed by atoms with E-state index >= 15 is 0 Å². The van der Waals surface area contributed by atoms with Crippen molar-refractivity contribution < 1.29 is 4.79 Å². The molecular formula is C12H20BrNOS. The molecule has 0 aromatic carbocycles. The Morgan fingerprint density at radius 1 is 1.44 bits per heavy atom. The third kappa shape index (κ3) is 2.58. The van der Waals surface area contributed by atoms with Crippen LogP contribution in [0.4, 0.5) is 0 Å². The number of likely N-dealkylation sites (tertiary alicyclic amines) is 1. The van der Waals surface area contributed by atoms with Crippen molar-refractivity contribution in [3.05, 3.63) is 0 Å². The standard InChI is InChI=1S/C12H20BrNOS/c1-9-5-6-14(10(9)8-13)12(15)11-4-2-3-7-16-11/h9-11H,2-8H2,1H3. The van der Waals surface area contributed by atoms with E-state index in [0.717, 1.165) is 18.3 Å². The molecule has 2 aliphatic rings. The average molecular weight is 306 g/mol. The maximum absolute atomic E-state index is 12.4. The van der Waals surface area contributed by atoms with E-state index in [1.54, 1.807) is 0 Å². The molecule has 0 spiro atoms. The normalized spacial score (nSPS) is 35.4. The van der Waals surface area contributed by atoms with Gasteiger partial charge in [-0.25, -0.2) is 0 Å². The number of alkyl halides is 1. The first-order valence-corrected chi connectivity index (χ1v) is 8.39. The van der Waals surface area contributed by atoms with Gasteiger partial charge < -0.3 is 4.90 Å². The van der Waals surface area contributed by atoms with Crippen molar-refractivity contribution in [2.45, 2.75) is 43.9 Å². The van der Waals surface area contributed by atoms with Gasteiger partial charge in [-0.15, -0.1) is 11.8 Å². The molecule has 0 aliphatic carbocycles. The molecule has 2 aliphatic heterocycles. The zero-order chi connectivity index (χ0) is 11.5. The van der Waals surface area contributed by atoms with Gasteiger partial charge in [0.2, 0.25) is 5.91 Å². The molecule has 2 saturated heterocycles. The fourth-order valence-corrected chi connectivity index (χ4v) is 4.89. The summed E-state index contributed by atoms with van der Waals surface area (Å²) < 4.78 is 0. The van der Waals surface area contributed by atoms with Crippen LogP contribution in [0.2, 0.25) is 0 Å². The van der Waals surface area contributed by atoms with Crippen LogP contribution in [-0.4, -0.2) is 39.7 Å². The number of nitrogens with zero attached hydrogens (tertiary/aromatic N) is 1. The molecule has 1 amide bonds. The van der Waals surface area contributed by atoms with Crippen LogP contribution < -0.4 is 0 Å². The number of rotatable bonds is 2.